The molecule has 0 aliphatic rings. The normalized spacial score (nSPS) is 12.2. The van der Waals surface area contributed by atoms with Crippen molar-refractivity contribution in [2.75, 3.05) is 11.2 Å². The van der Waals surface area contributed by atoms with E-state index >= 15 is 0 Å². The highest BCUT2D eigenvalue weighted by Gasteiger charge is 2.18. The van der Waals surface area contributed by atoms with Crippen LogP contribution in [0.1, 0.15) is 5.56 Å². The van der Waals surface area contributed by atoms with E-state index in [4.69, 9.17) is 23.2 Å². The maximum absolute atomic E-state index is 11.4. The third-order valence-electron chi connectivity index (χ3n) is 2.55. The minimum atomic E-state index is -0.983. The number of rotatable bonds is 5. The molecule has 0 radical (unpaired) electrons. The van der Waals surface area contributed by atoms with E-state index < -0.39 is 10.8 Å². The molecule has 7 heteroatoms. The van der Waals surface area contributed by atoms with Crippen molar-refractivity contribution in [2.24, 2.45) is 0 Å². The zero-order valence-corrected chi connectivity index (χ0v) is 13.7. The van der Waals surface area contributed by atoms with Crippen LogP contribution in [0, 0.1) is 0 Å². The molecule has 2 rings (SSSR count). The molecule has 1 atom stereocenters. The molecule has 0 N–H and O–H groups in total. The number of anilines is 2. The molecular weight excluding hydrogens is 337 g/mol. The van der Waals surface area contributed by atoms with Gasteiger partial charge in [-0.05, 0) is 29.1 Å². The van der Waals surface area contributed by atoms with Gasteiger partial charge in [-0.3, -0.25) is 13.9 Å². The van der Waals surface area contributed by atoms with Crippen LogP contribution in [-0.2, 0) is 21.3 Å². The van der Waals surface area contributed by atoms with Gasteiger partial charge in [0.1, 0.15) is 5.00 Å². The fourth-order valence-corrected chi connectivity index (χ4v) is 4.10. The van der Waals surface area contributed by atoms with Crippen molar-refractivity contribution in [1.29, 1.82) is 0 Å². The second-order valence-corrected chi connectivity index (χ2v) is 7.16. The number of benzene rings is 1. The summed E-state index contributed by atoms with van der Waals surface area (Å²) in [4.78, 5) is 12.8. The highest BCUT2D eigenvalue weighted by atomic mass is 35.5. The molecule has 2 aromatic rings. The van der Waals surface area contributed by atoms with E-state index in [0.29, 0.717) is 32.9 Å². The Morgan fingerprint density at radius 3 is 2.75 bits per heavy atom. The Kier molecular flexibility index (Phi) is 5.21. The summed E-state index contributed by atoms with van der Waals surface area (Å²) >= 11 is 13.5. The second kappa shape index (κ2) is 6.72. The van der Waals surface area contributed by atoms with Gasteiger partial charge in [-0.15, -0.1) is 11.3 Å². The van der Waals surface area contributed by atoms with E-state index in [9.17, 15) is 9.00 Å². The van der Waals surface area contributed by atoms with Gasteiger partial charge in [0.25, 0.3) is 0 Å². The Morgan fingerprint density at radius 1 is 1.40 bits per heavy atom. The third kappa shape index (κ3) is 3.41. The zero-order valence-electron chi connectivity index (χ0n) is 10.5. The summed E-state index contributed by atoms with van der Waals surface area (Å²) in [5.74, 6) is 0.373. The van der Waals surface area contributed by atoms with E-state index in [1.807, 2.05) is 5.38 Å². The molecule has 1 amide bonds. The lowest BCUT2D eigenvalue weighted by atomic mass is 10.3. The molecule has 0 saturated carbocycles. The molecule has 1 aromatic carbocycles. The van der Waals surface area contributed by atoms with Crippen molar-refractivity contribution in [2.45, 2.75) is 5.75 Å². The topological polar surface area (TPSA) is 37.4 Å². The fraction of sp³-hybridized carbons (Fsp3) is 0.154. The summed E-state index contributed by atoms with van der Waals surface area (Å²) in [6, 6.07) is 6.95. The van der Waals surface area contributed by atoms with Crippen molar-refractivity contribution < 1.29 is 9.00 Å². The van der Waals surface area contributed by atoms with Crippen molar-refractivity contribution in [3.05, 3.63) is 45.3 Å². The van der Waals surface area contributed by atoms with Crippen LogP contribution in [0.2, 0.25) is 10.0 Å². The first kappa shape index (κ1) is 15.5. The molecule has 0 aliphatic carbocycles. The molecule has 0 saturated heterocycles. The van der Waals surface area contributed by atoms with Crippen molar-refractivity contribution in [3.8, 4) is 0 Å². The first-order valence-corrected chi connectivity index (χ1v) is 8.95. The number of hydrogen-bond acceptors (Lipinski definition) is 3. The second-order valence-electron chi connectivity index (χ2n) is 4.05. The Bertz CT molecular complexity index is 658. The summed E-state index contributed by atoms with van der Waals surface area (Å²) in [7, 11) is -0.983. The van der Waals surface area contributed by atoms with Crippen molar-refractivity contribution in [1.82, 2.24) is 0 Å². The number of hydrogen-bond donors (Lipinski definition) is 0. The standard InChI is InChI=1S/C13H11Cl2NO2S2/c1-20(18)7-9-6-19-13(12(9)15)16(8-17)11-4-2-3-10(14)5-11/h2-6,8H,7H2,1H3. The summed E-state index contributed by atoms with van der Waals surface area (Å²) in [5.41, 5.74) is 1.42. The van der Waals surface area contributed by atoms with Crippen LogP contribution in [0.4, 0.5) is 10.7 Å². The van der Waals surface area contributed by atoms with Crippen LogP contribution in [0.3, 0.4) is 0 Å². The number of halogens is 2. The molecule has 1 unspecified atom stereocenters. The molecule has 1 aromatic heterocycles. The lowest BCUT2D eigenvalue weighted by molar-refractivity contribution is -0.106. The maximum Gasteiger partial charge on any atom is 0.219 e. The van der Waals surface area contributed by atoms with Crippen molar-refractivity contribution >= 4 is 62.4 Å². The molecule has 106 valence electrons. The zero-order chi connectivity index (χ0) is 14.7. The third-order valence-corrected chi connectivity index (χ3v) is 5.06. The van der Waals surface area contributed by atoms with Gasteiger partial charge in [-0.1, -0.05) is 29.3 Å². The average molecular weight is 348 g/mol. The minimum absolute atomic E-state index is 0.373. The number of carbonyl (C=O) groups is 1. The summed E-state index contributed by atoms with van der Waals surface area (Å²) < 4.78 is 11.3. The SMILES string of the molecule is CS(=O)Cc1csc(N(C=O)c2cccc(Cl)c2)c1Cl. The van der Waals surface area contributed by atoms with Gasteiger partial charge in [0, 0.05) is 22.1 Å². The summed E-state index contributed by atoms with van der Waals surface area (Å²) in [6.45, 7) is 0. The van der Waals surface area contributed by atoms with E-state index in [2.05, 4.69) is 0 Å². The number of carbonyl (C=O) groups excluding carboxylic acids is 1. The lowest BCUT2D eigenvalue weighted by Gasteiger charge is -2.16. The van der Waals surface area contributed by atoms with E-state index in [0.717, 1.165) is 5.56 Å². The Hall–Kier alpha value is -0.880. The van der Waals surface area contributed by atoms with Crippen LogP contribution in [0.15, 0.2) is 29.6 Å². The minimum Gasteiger partial charge on any atom is -0.278 e. The van der Waals surface area contributed by atoms with Gasteiger partial charge in [0.15, 0.2) is 0 Å². The molecule has 3 nitrogen and oxygen atoms in total. The lowest BCUT2D eigenvalue weighted by Crippen LogP contribution is -2.13. The Balaban J connectivity index is 2.40. The van der Waals surface area contributed by atoms with E-state index in [1.165, 1.54) is 16.2 Å². The summed E-state index contributed by atoms with van der Waals surface area (Å²) in [5, 5.41) is 3.42. The quantitative estimate of drug-likeness (QED) is 0.759. The monoisotopic (exact) mass is 347 g/mol. The van der Waals surface area contributed by atoms with Crippen LogP contribution in [-0.4, -0.2) is 16.9 Å². The molecular formula is C13H11Cl2NO2S2. The largest absolute Gasteiger partial charge is 0.278 e. The van der Waals surface area contributed by atoms with Gasteiger partial charge in [0.2, 0.25) is 6.41 Å². The molecule has 0 bridgehead atoms. The van der Waals surface area contributed by atoms with Gasteiger partial charge in [-0.2, -0.15) is 0 Å². The first-order chi connectivity index (χ1) is 9.52. The number of nitrogens with zero attached hydrogens (tertiary/aromatic N) is 1. The first-order valence-electron chi connectivity index (χ1n) is 5.59. The van der Waals surface area contributed by atoms with Crippen molar-refractivity contribution in [3.63, 3.8) is 0 Å². The molecule has 0 fully saturated rings. The Morgan fingerprint density at radius 2 is 2.15 bits per heavy atom. The van der Waals surface area contributed by atoms with Gasteiger partial charge in [-0.25, -0.2) is 0 Å². The van der Waals surface area contributed by atoms with E-state index in [1.54, 1.807) is 30.5 Å². The average Bonchev–Trinajstić information content (AvgIpc) is 2.72. The van der Waals surface area contributed by atoms with Crippen LogP contribution in [0.25, 0.3) is 0 Å². The highest BCUT2D eigenvalue weighted by molar-refractivity contribution is 7.83. The molecule has 20 heavy (non-hydrogen) atoms. The predicted molar refractivity (Wildman–Crippen MR) is 86.8 cm³/mol. The van der Waals surface area contributed by atoms with Gasteiger partial charge >= 0.3 is 0 Å². The maximum atomic E-state index is 11.4. The van der Waals surface area contributed by atoms with Crippen LogP contribution >= 0.6 is 34.5 Å². The molecule has 0 aliphatic heterocycles. The number of thiophene rings is 1. The van der Waals surface area contributed by atoms with Crippen LogP contribution in [0.5, 0.6) is 0 Å². The smallest absolute Gasteiger partial charge is 0.219 e. The van der Waals surface area contributed by atoms with Gasteiger partial charge in [0.05, 0.1) is 16.5 Å². The Labute approximate surface area is 133 Å². The molecule has 1 heterocycles. The van der Waals surface area contributed by atoms with Crippen LogP contribution < -0.4 is 4.90 Å². The number of amides is 1. The highest BCUT2D eigenvalue weighted by Crippen LogP contribution is 2.39. The fourth-order valence-electron chi connectivity index (χ4n) is 1.70. The van der Waals surface area contributed by atoms with E-state index in [-0.39, 0.29) is 0 Å². The summed E-state index contributed by atoms with van der Waals surface area (Å²) in [6.07, 6.45) is 2.30. The molecule has 0 spiro atoms. The van der Waals surface area contributed by atoms with Gasteiger partial charge < -0.3 is 0 Å². The predicted octanol–water partition coefficient (Wildman–Crippen LogP) is 4.23.